The predicted molar refractivity (Wildman–Crippen MR) is 105 cm³/mol. The molecule has 2 aliphatic heterocycles. The third-order valence-electron chi connectivity index (χ3n) is 4.77. The van der Waals surface area contributed by atoms with Crippen LogP contribution in [0, 0.1) is 0 Å². The van der Waals surface area contributed by atoms with Crippen LogP contribution in [0.25, 0.3) is 11.1 Å². The number of halogens is 1. The Hall–Kier alpha value is -3.15. The summed E-state index contributed by atoms with van der Waals surface area (Å²) in [5.74, 6) is 0.476. The molecule has 0 aliphatic carbocycles. The van der Waals surface area contributed by atoms with Gasteiger partial charge in [0.05, 0.1) is 18.9 Å². The molecule has 4 heterocycles. The highest BCUT2D eigenvalue weighted by Crippen LogP contribution is 2.33. The van der Waals surface area contributed by atoms with Crippen LogP contribution in [0.5, 0.6) is 0 Å². The van der Waals surface area contributed by atoms with E-state index in [0.717, 1.165) is 11.1 Å². The van der Waals surface area contributed by atoms with E-state index in [2.05, 4.69) is 46.8 Å². The predicted octanol–water partition coefficient (Wildman–Crippen LogP) is 0.463. The topological polar surface area (TPSA) is 147 Å². The second-order valence-corrected chi connectivity index (χ2v) is 7.49. The van der Waals surface area contributed by atoms with Crippen LogP contribution in [0.3, 0.4) is 0 Å². The minimum Gasteiger partial charge on any atom is -0.383 e. The van der Waals surface area contributed by atoms with Gasteiger partial charge in [0.1, 0.15) is 21.6 Å². The van der Waals surface area contributed by atoms with E-state index >= 15 is 0 Å². The zero-order valence-electron chi connectivity index (χ0n) is 14.9. The fourth-order valence-corrected chi connectivity index (χ4v) is 3.75. The smallest absolute Gasteiger partial charge is 0.322 e. The first kappa shape index (κ1) is 18.2. The number of nitrogens with zero attached hydrogens (tertiary/aromatic N) is 5. The second kappa shape index (κ2) is 6.78. The van der Waals surface area contributed by atoms with Gasteiger partial charge in [-0.2, -0.15) is 10.2 Å². The number of hydrogen-bond donors (Lipinski definition) is 4. The molecule has 4 rings (SSSR count). The number of H-pyrrole nitrogens is 1. The molecular formula is C16H18BrN9O2. The molecule has 2 aromatic heterocycles. The van der Waals surface area contributed by atoms with E-state index in [1.165, 1.54) is 0 Å². The lowest BCUT2D eigenvalue weighted by atomic mass is 10.00. The van der Waals surface area contributed by atoms with Crippen molar-refractivity contribution in [2.24, 2.45) is 7.05 Å². The van der Waals surface area contributed by atoms with Gasteiger partial charge in [-0.15, -0.1) is 0 Å². The van der Waals surface area contributed by atoms with E-state index in [1.54, 1.807) is 23.3 Å². The Balaban J connectivity index is 1.76. The Morgan fingerprint density at radius 3 is 2.75 bits per heavy atom. The molecule has 28 heavy (non-hydrogen) atoms. The first-order valence-electron chi connectivity index (χ1n) is 8.48. The minimum atomic E-state index is -0.958. The largest absolute Gasteiger partial charge is 0.383 e. The molecule has 1 atom stereocenters. The summed E-state index contributed by atoms with van der Waals surface area (Å²) in [4.78, 5) is 30.3. The monoisotopic (exact) mass is 447 g/mol. The molecule has 3 amide bonds. The molecule has 0 radical (unpaired) electrons. The van der Waals surface area contributed by atoms with Crippen molar-refractivity contribution in [3.05, 3.63) is 29.3 Å². The van der Waals surface area contributed by atoms with E-state index in [9.17, 15) is 9.59 Å². The lowest BCUT2D eigenvalue weighted by molar-refractivity contribution is -0.123. The Morgan fingerprint density at radius 2 is 2.07 bits per heavy atom. The molecule has 146 valence electrons. The minimum absolute atomic E-state index is 0.275. The van der Waals surface area contributed by atoms with Gasteiger partial charge in [0.2, 0.25) is 0 Å². The van der Waals surface area contributed by atoms with E-state index < -0.39 is 11.6 Å². The third-order valence-corrected chi connectivity index (χ3v) is 5.55. The molecule has 1 spiro atoms. The van der Waals surface area contributed by atoms with Crippen molar-refractivity contribution in [3.63, 3.8) is 0 Å². The summed E-state index contributed by atoms with van der Waals surface area (Å²) >= 11 is 3.47. The average Bonchev–Trinajstić information content (AvgIpc) is 3.33. The molecule has 0 saturated carbocycles. The fraction of sp³-hybridized carbons (Fsp3) is 0.312. The van der Waals surface area contributed by atoms with Crippen molar-refractivity contribution in [2.45, 2.75) is 12.0 Å². The number of hydrogen-bond acceptors (Lipinski definition) is 7. The number of aryl methyl sites for hydroxylation is 1. The first-order chi connectivity index (χ1) is 13.4. The molecular weight excluding hydrogens is 430 g/mol. The molecule has 11 nitrogen and oxygen atoms in total. The van der Waals surface area contributed by atoms with Gasteiger partial charge in [0.15, 0.2) is 0 Å². The van der Waals surface area contributed by atoms with Crippen molar-refractivity contribution in [1.82, 2.24) is 35.6 Å². The zero-order valence-corrected chi connectivity index (χ0v) is 16.5. The number of aromatic nitrogens is 5. The number of nitrogen functional groups attached to an aromatic ring is 1. The van der Waals surface area contributed by atoms with E-state index in [-0.39, 0.29) is 18.3 Å². The maximum atomic E-state index is 12.2. The maximum Gasteiger partial charge on any atom is 0.322 e. The van der Waals surface area contributed by atoms with Crippen molar-refractivity contribution < 1.29 is 9.59 Å². The Kier molecular flexibility index (Phi) is 4.41. The number of nitrogens with two attached hydrogens (primary N) is 1. The van der Waals surface area contributed by atoms with Gasteiger partial charge in [-0.1, -0.05) is 0 Å². The zero-order chi connectivity index (χ0) is 19.9. The molecule has 0 bridgehead atoms. The molecule has 2 saturated heterocycles. The van der Waals surface area contributed by atoms with Crippen LogP contribution >= 0.6 is 15.9 Å². The van der Waals surface area contributed by atoms with Crippen molar-refractivity contribution in [1.29, 1.82) is 0 Å². The lowest BCUT2D eigenvalue weighted by Crippen LogP contribution is -2.49. The van der Waals surface area contributed by atoms with E-state index in [0.29, 0.717) is 23.3 Å². The van der Waals surface area contributed by atoms with Crippen molar-refractivity contribution >= 4 is 39.5 Å². The van der Waals surface area contributed by atoms with Crippen LogP contribution in [0.4, 0.5) is 16.4 Å². The number of carbonyl (C=O) groups is 2. The molecule has 12 heteroatoms. The van der Waals surface area contributed by atoms with Gasteiger partial charge in [0, 0.05) is 37.1 Å². The van der Waals surface area contributed by atoms with Gasteiger partial charge in [0.25, 0.3) is 5.91 Å². The summed E-state index contributed by atoms with van der Waals surface area (Å²) in [6.45, 7) is 0.800. The molecule has 2 aromatic rings. The van der Waals surface area contributed by atoms with Crippen LogP contribution in [0.1, 0.15) is 6.42 Å². The quantitative estimate of drug-likeness (QED) is 0.488. The van der Waals surface area contributed by atoms with Gasteiger partial charge in [-0.25, -0.2) is 9.78 Å². The number of anilines is 2. The van der Waals surface area contributed by atoms with Crippen LogP contribution in [0.2, 0.25) is 0 Å². The number of amides is 3. The van der Waals surface area contributed by atoms with Crippen LogP contribution in [-0.2, 0) is 11.8 Å². The average molecular weight is 448 g/mol. The van der Waals surface area contributed by atoms with Gasteiger partial charge in [-0.05, 0) is 22.4 Å². The normalized spacial score (nSPS) is 21.0. The summed E-state index contributed by atoms with van der Waals surface area (Å²) in [6.07, 6.45) is 7.29. The summed E-state index contributed by atoms with van der Waals surface area (Å²) in [5.41, 5.74) is 6.68. The second-order valence-electron chi connectivity index (χ2n) is 6.70. The SMILES string of the molecule is Cn1cc(-c2cn[nH]c(N)c(Br)c(N3CCC4(C3)NC(=O)NC4=O)nc2)cn1. The van der Waals surface area contributed by atoms with Crippen LogP contribution in [0.15, 0.2) is 29.3 Å². The maximum absolute atomic E-state index is 12.2. The van der Waals surface area contributed by atoms with Gasteiger partial charge < -0.3 is 16.0 Å². The third kappa shape index (κ3) is 3.15. The summed E-state index contributed by atoms with van der Waals surface area (Å²) in [6, 6.07) is -0.480. The Bertz CT molecular complexity index is 1020. The number of aromatic amines is 1. The number of imide groups is 1. The highest BCUT2D eigenvalue weighted by atomic mass is 79.9. The van der Waals surface area contributed by atoms with Gasteiger partial charge in [-0.3, -0.25) is 19.9 Å². The molecule has 0 aromatic carbocycles. The van der Waals surface area contributed by atoms with Crippen LogP contribution in [-0.4, -0.2) is 55.5 Å². The summed E-state index contributed by atoms with van der Waals surface area (Å²) in [5, 5.41) is 16.1. The number of urea groups is 1. The Labute approximate surface area is 168 Å². The summed E-state index contributed by atoms with van der Waals surface area (Å²) in [7, 11) is 1.82. The van der Waals surface area contributed by atoms with Crippen molar-refractivity contribution in [2.75, 3.05) is 23.7 Å². The number of nitrogens with one attached hydrogen (secondary N) is 3. The molecule has 1 unspecified atom stereocenters. The molecule has 5 N–H and O–H groups in total. The van der Waals surface area contributed by atoms with Crippen molar-refractivity contribution in [3.8, 4) is 11.1 Å². The highest BCUT2D eigenvalue weighted by molar-refractivity contribution is 9.10. The standard InChI is InChI=1S/C16H18BrN9O2/c1-25-7-10(6-21-25)9-4-19-13(11(17)12(18)24-20-5-9)26-3-2-16(8-26)14(27)22-15(28)23-16/h4-7,24H,2-3,8,18H2,1H3,(H2,22,23,27,28). The highest BCUT2D eigenvalue weighted by Gasteiger charge is 2.51. The number of carbonyl (C=O) groups excluding carboxylic acids is 2. The Morgan fingerprint density at radius 1 is 1.25 bits per heavy atom. The lowest BCUT2D eigenvalue weighted by Gasteiger charge is -2.22. The molecule has 2 fully saturated rings. The first-order valence-corrected chi connectivity index (χ1v) is 9.27. The van der Waals surface area contributed by atoms with Gasteiger partial charge >= 0.3 is 6.03 Å². The van der Waals surface area contributed by atoms with E-state index in [4.69, 9.17) is 5.73 Å². The number of rotatable bonds is 2. The van der Waals surface area contributed by atoms with Crippen LogP contribution < -0.4 is 21.3 Å². The van der Waals surface area contributed by atoms with E-state index in [1.807, 2.05) is 18.1 Å². The fourth-order valence-electron chi connectivity index (χ4n) is 3.31. The summed E-state index contributed by atoms with van der Waals surface area (Å²) < 4.78 is 2.19. The molecule has 2 aliphatic rings.